The molecule has 0 radical (unpaired) electrons. The van der Waals surface area contributed by atoms with Crippen molar-refractivity contribution in [2.45, 2.75) is 38.1 Å². The second-order valence-corrected chi connectivity index (χ2v) is 8.79. The first-order valence-corrected chi connectivity index (χ1v) is 12.6. The number of benzene rings is 4. The van der Waals surface area contributed by atoms with Crippen LogP contribution in [0.15, 0.2) is 140 Å². The number of hydrogen-bond donors (Lipinski definition) is 0. The molecule has 4 aromatic rings. The number of ether oxygens (including phenoxy) is 3. The van der Waals surface area contributed by atoms with Gasteiger partial charge in [0.2, 0.25) is 0 Å². The fourth-order valence-electron chi connectivity index (χ4n) is 4.00. The minimum atomic E-state index is -0.412. The molecule has 0 aliphatic heterocycles. The highest BCUT2D eigenvalue weighted by molar-refractivity contribution is 5.49. The molecule has 0 bridgehead atoms. The van der Waals surface area contributed by atoms with E-state index in [1.54, 1.807) is 0 Å². The monoisotopic (exact) mass is 490 g/mol. The van der Waals surface area contributed by atoms with Crippen LogP contribution < -0.4 is 0 Å². The molecular weight excluding hydrogens is 456 g/mol. The van der Waals surface area contributed by atoms with Gasteiger partial charge in [-0.3, -0.25) is 0 Å². The summed E-state index contributed by atoms with van der Waals surface area (Å²) in [5.74, 6) is 0. The highest BCUT2D eigenvalue weighted by atomic mass is 16.6. The molecule has 188 valence electrons. The Labute approximate surface area is 220 Å². The molecule has 0 spiro atoms. The third-order valence-corrected chi connectivity index (χ3v) is 6.01. The van der Waals surface area contributed by atoms with Gasteiger partial charge in [0.15, 0.2) is 0 Å². The lowest BCUT2D eigenvalue weighted by molar-refractivity contribution is -0.123. The zero-order chi connectivity index (χ0) is 25.5. The average Bonchev–Trinajstić information content (AvgIpc) is 2.97. The van der Waals surface area contributed by atoms with Crippen LogP contribution in [0.25, 0.3) is 6.08 Å². The van der Waals surface area contributed by atoms with E-state index in [4.69, 9.17) is 14.2 Å². The van der Waals surface area contributed by atoms with Crippen LogP contribution >= 0.6 is 0 Å². The fraction of sp³-hybridized carbons (Fsp3) is 0.176. The van der Waals surface area contributed by atoms with Gasteiger partial charge in [0.05, 0.1) is 19.8 Å². The van der Waals surface area contributed by atoms with E-state index in [-0.39, 0.29) is 12.2 Å². The Morgan fingerprint density at radius 2 is 0.919 bits per heavy atom. The molecule has 0 aromatic heterocycles. The minimum absolute atomic E-state index is 0.372. The van der Waals surface area contributed by atoms with Gasteiger partial charge in [0, 0.05) is 0 Å². The van der Waals surface area contributed by atoms with E-state index in [0.717, 1.165) is 22.3 Å². The summed E-state index contributed by atoms with van der Waals surface area (Å²) in [4.78, 5) is 0. The van der Waals surface area contributed by atoms with Crippen LogP contribution in [0.4, 0.5) is 0 Å². The first-order valence-electron chi connectivity index (χ1n) is 12.6. The maximum atomic E-state index is 6.54. The Bertz CT molecular complexity index is 1190. The predicted molar refractivity (Wildman–Crippen MR) is 151 cm³/mol. The SMILES string of the molecule is C=C[C@@H](OCc1ccccc1)[C@H](OCc1ccccc1)[C@@H](/C=C\c1ccccc1)OCc1ccccc1. The maximum absolute atomic E-state index is 6.54. The van der Waals surface area contributed by atoms with Crippen LogP contribution in [0.5, 0.6) is 0 Å². The minimum Gasteiger partial charge on any atom is -0.367 e. The van der Waals surface area contributed by atoms with Gasteiger partial charge < -0.3 is 14.2 Å². The first-order chi connectivity index (χ1) is 18.3. The summed E-state index contributed by atoms with van der Waals surface area (Å²) >= 11 is 0. The van der Waals surface area contributed by atoms with E-state index in [2.05, 4.69) is 67.3 Å². The molecule has 0 aliphatic carbocycles. The molecule has 3 heteroatoms. The molecule has 0 saturated heterocycles. The van der Waals surface area contributed by atoms with Crippen LogP contribution in [0.1, 0.15) is 22.3 Å². The molecule has 0 saturated carbocycles. The number of hydrogen-bond acceptors (Lipinski definition) is 3. The van der Waals surface area contributed by atoms with E-state index in [9.17, 15) is 0 Å². The smallest absolute Gasteiger partial charge is 0.117 e. The standard InChI is InChI=1S/C34H34O3/c1-2-32(35-25-29-17-9-4-10-18-29)34(37-27-31-21-13-6-14-22-31)33(24-23-28-15-7-3-8-16-28)36-26-30-19-11-5-12-20-30/h2-24,32-34H,1,25-27H2/b24-23-/t32-,33-,34+/m1/s1. The molecule has 4 aromatic carbocycles. The maximum Gasteiger partial charge on any atom is 0.117 e. The second-order valence-electron chi connectivity index (χ2n) is 8.79. The third kappa shape index (κ3) is 8.69. The molecule has 3 nitrogen and oxygen atoms in total. The Morgan fingerprint density at radius 1 is 0.514 bits per heavy atom. The van der Waals surface area contributed by atoms with E-state index in [1.165, 1.54) is 0 Å². The van der Waals surface area contributed by atoms with Gasteiger partial charge in [-0.2, -0.15) is 0 Å². The zero-order valence-electron chi connectivity index (χ0n) is 21.1. The van der Waals surface area contributed by atoms with Crippen molar-refractivity contribution in [2.75, 3.05) is 0 Å². The Hall–Kier alpha value is -3.76. The van der Waals surface area contributed by atoms with Crippen molar-refractivity contribution < 1.29 is 14.2 Å². The summed E-state index contributed by atoms with van der Waals surface area (Å²) in [7, 11) is 0. The van der Waals surface area contributed by atoms with Gasteiger partial charge in [0.1, 0.15) is 18.3 Å². The molecule has 0 amide bonds. The third-order valence-electron chi connectivity index (χ3n) is 6.01. The summed E-state index contributed by atoms with van der Waals surface area (Å²) in [6, 6.07) is 40.7. The topological polar surface area (TPSA) is 27.7 Å². The summed E-state index contributed by atoms with van der Waals surface area (Å²) in [6.45, 7) is 5.43. The number of rotatable bonds is 14. The molecule has 4 rings (SSSR count). The Morgan fingerprint density at radius 3 is 1.38 bits per heavy atom. The quantitative estimate of drug-likeness (QED) is 0.170. The highest BCUT2D eigenvalue weighted by Gasteiger charge is 2.29. The first kappa shape index (κ1) is 26.3. The van der Waals surface area contributed by atoms with Gasteiger partial charge in [-0.05, 0) is 22.3 Å². The largest absolute Gasteiger partial charge is 0.367 e. The predicted octanol–water partition coefficient (Wildman–Crippen LogP) is 7.64. The lowest BCUT2D eigenvalue weighted by Crippen LogP contribution is -2.40. The van der Waals surface area contributed by atoms with Crippen LogP contribution in [0.2, 0.25) is 0 Å². The van der Waals surface area contributed by atoms with E-state index in [0.29, 0.717) is 19.8 Å². The van der Waals surface area contributed by atoms with Crippen molar-refractivity contribution in [2.24, 2.45) is 0 Å². The molecule has 3 atom stereocenters. The lowest BCUT2D eigenvalue weighted by atomic mass is 10.0. The molecule has 0 N–H and O–H groups in total. The fourth-order valence-corrected chi connectivity index (χ4v) is 4.00. The van der Waals surface area contributed by atoms with Crippen molar-refractivity contribution in [3.8, 4) is 0 Å². The molecule has 37 heavy (non-hydrogen) atoms. The van der Waals surface area contributed by atoms with E-state index in [1.807, 2.05) is 78.9 Å². The zero-order valence-corrected chi connectivity index (χ0v) is 21.1. The van der Waals surface area contributed by atoms with Gasteiger partial charge in [-0.1, -0.05) is 140 Å². The van der Waals surface area contributed by atoms with Crippen molar-refractivity contribution in [3.63, 3.8) is 0 Å². The summed E-state index contributed by atoms with van der Waals surface area (Å²) in [5.41, 5.74) is 4.38. The summed E-state index contributed by atoms with van der Waals surface area (Å²) in [5, 5.41) is 0. The van der Waals surface area contributed by atoms with Crippen molar-refractivity contribution in [3.05, 3.63) is 162 Å². The molecule has 0 aliphatic rings. The lowest BCUT2D eigenvalue weighted by Gasteiger charge is -2.31. The van der Waals surface area contributed by atoms with Crippen molar-refractivity contribution in [1.82, 2.24) is 0 Å². The second kappa shape index (κ2) is 14.7. The van der Waals surface area contributed by atoms with Crippen LogP contribution in [-0.4, -0.2) is 18.3 Å². The summed E-state index contributed by atoms with van der Waals surface area (Å²) in [6.07, 6.45) is 4.79. The Kier molecular flexibility index (Phi) is 10.5. The molecule has 0 unspecified atom stereocenters. The van der Waals surface area contributed by atoms with E-state index < -0.39 is 6.10 Å². The van der Waals surface area contributed by atoms with Crippen molar-refractivity contribution in [1.29, 1.82) is 0 Å². The highest BCUT2D eigenvalue weighted by Crippen LogP contribution is 2.21. The van der Waals surface area contributed by atoms with Crippen molar-refractivity contribution >= 4 is 6.08 Å². The van der Waals surface area contributed by atoms with Crippen LogP contribution in [-0.2, 0) is 34.0 Å². The molecular formula is C34H34O3. The summed E-state index contributed by atoms with van der Waals surface area (Å²) < 4.78 is 19.4. The van der Waals surface area contributed by atoms with Gasteiger partial charge in [-0.25, -0.2) is 0 Å². The van der Waals surface area contributed by atoms with Crippen LogP contribution in [0, 0.1) is 0 Å². The van der Waals surface area contributed by atoms with Gasteiger partial charge >= 0.3 is 0 Å². The van der Waals surface area contributed by atoms with Gasteiger partial charge in [0.25, 0.3) is 0 Å². The molecule has 0 heterocycles. The normalized spacial score (nSPS) is 13.7. The van der Waals surface area contributed by atoms with Gasteiger partial charge in [-0.15, -0.1) is 6.58 Å². The van der Waals surface area contributed by atoms with Crippen LogP contribution in [0.3, 0.4) is 0 Å². The average molecular weight is 491 g/mol. The molecule has 0 fully saturated rings. The van der Waals surface area contributed by atoms with E-state index >= 15 is 0 Å². The Balaban J connectivity index is 1.59.